The first-order valence-corrected chi connectivity index (χ1v) is 9.63. The molecule has 1 aliphatic heterocycles. The number of hydrogen-bond donors (Lipinski definition) is 1. The van der Waals surface area contributed by atoms with Gasteiger partial charge in [-0.05, 0) is 29.2 Å². The molecule has 25 heavy (non-hydrogen) atoms. The van der Waals surface area contributed by atoms with Crippen LogP contribution in [-0.2, 0) is 0 Å². The van der Waals surface area contributed by atoms with E-state index >= 15 is 0 Å². The molecule has 0 radical (unpaired) electrons. The number of anilines is 1. The zero-order valence-corrected chi connectivity index (χ0v) is 14.8. The molecule has 1 saturated heterocycles. The van der Waals surface area contributed by atoms with Crippen LogP contribution in [0.2, 0.25) is 0 Å². The number of nitro groups is 1. The first-order valence-electron chi connectivity index (χ1n) is 7.81. The predicted octanol–water partition coefficient (Wildman–Crippen LogP) is 2.76. The third-order valence-electron chi connectivity index (χ3n) is 4.31. The van der Waals surface area contributed by atoms with Crippen LogP contribution in [0.3, 0.4) is 0 Å². The molecular weight excluding hydrogens is 362 g/mol. The van der Waals surface area contributed by atoms with Crippen molar-refractivity contribution < 1.29 is 9.72 Å². The van der Waals surface area contributed by atoms with Crippen molar-refractivity contribution in [3.05, 3.63) is 44.1 Å². The van der Waals surface area contributed by atoms with Gasteiger partial charge < -0.3 is 20.3 Å². The topological polar surface area (TPSA) is 92.8 Å². The zero-order chi connectivity index (χ0) is 17.4. The van der Waals surface area contributed by atoms with Crippen LogP contribution >= 0.6 is 22.7 Å². The van der Waals surface area contributed by atoms with Gasteiger partial charge in [0, 0.05) is 35.5 Å². The van der Waals surface area contributed by atoms with E-state index in [1.807, 2.05) is 15.7 Å². The smallest absolute Gasteiger partial charge is 0.358 e. The third kappa shape index (κ3) is 2.98. The first kappa shape index (κ1) is 16.0. The lowest BCUT2D eigenvalue weighted by Crippen LogP contribution is -2.44. The van der Waals surface area contributed by atoms with E-state index in [4.69, 9.17) is 0 Å². The second kappa shape index (κ2) is 6.45. The summed E-state index contributed by atoms with van der Waals surface area (Å²) < 4.78 is 1.52. The summed E-state index contributed by atoms with van der Waals surface area (Å²) in [5.41, 5.74) is 0.678. The highest BCUT2D eigenvalue weighted by Gasteiger charge is 2.31. The molecule has 1 N–H and O–H groups in total. The standard InChI is InChI=1S/C15H15N5O3S2/c21-13(10-3-7-24-9-10)16-11-1-4-18(5-2-11)12-14(20(22)23)19-6-8-25-15(19)17-12/h3,6-9,11H,1-2,4-5H2,(H,16,21). The molecule has 0 bridgehead atoms. The van der Waals surface area contributed by atoms with Crippen LogP contribution in [0.1, 0.15) is 23.2 Å². The largest absolute Gasteiger partial charge is 0.373 e. The van der Waals surface area contributed by atoms with Crippen LogP contribution in [-0.4, -0.2) is 39.3 Å². The Hall–Kier alpha value is -2.46. The predicted molar refractivity (Wildman–Crippen MR) is 96.7 cm³/mol. The quantitative estimate of drug-likeness (QED) is 0.557. The van der Waals surface area contributed by atoms with Gasteiger partial charge in [0.25, 0.3) is 10.9 Å². The summed E-state index contributed by atoms with van der Waals surface area (Å²) in [5, 5.41) is 20.0. The Morgan fingerprint density at radius 3 is 2.84 bits per heavy atom. The number of fused-ring (bicyclic) bond motifs is 1. The zero-order valence-electron chi connectivity index (χ0n) is 13.1. The highest BCUT2D eigenvalue weighted by molar-refractivity contribution is 7.15. The maximum absolute atomic E-state index is 12.1. The number of thiazole rings is 1. The maximum Gasteiger partial charge on any atom is 0.373 e. The van der Waals surface area contributed by atoms with Gasteiger partial charge in [-0.3, -0.25) is 4.79 Å². The van der Waals surface area contributed by atoms with Crippen molar-refractivity contribution in [2.24, 2.45) is 0 Å². The van der Waals surface area contributed by atoms with Gasteiger partial charge in [0.15, 0.2) is 0 Å². The Balaban J connectivity index is 1.45. The van der Waals surface area contributed by atoms with E-state index in [-0.39, 0.29) is 22.7 Å². The summed E-state index contributed by atoms with van der Waals surface area (Å²) in [6.07, 6.45) is 3.14. The highest BCUT2D eigenvalue weighted by atomic mass is 32.1. The summed E-state index contributed by atoms with van der Waals surface area (Å²) >= 11 is 2.87. The van der Waals surface area contributed by atoms with Crippen molar-refractivity contribution >= 4 is 45.2 Å². The van der Waals surface area contributed by atoms with Gasteiger partial charge in [-0.2, -0.15) is 20.7 Å². The van der Waals surface area contributed by atoms with E-state index in [2.05, 4.69) is 10.3 Å². The lowest BCUT2D eigenvalue weighted by Gasteiger charge is -2.32. The third-order valence-corrected chi connectivity index (χ3v) is 5.75. The molecular formula is C15H15N5O3S2. The monoisotopic (exact) mass is 377 g/mol. The van der Waals surface area contributed by atoms with Crippen molar-refractivity contribution in [2.75, 3.05) is 18.0 Å². The lowest BCUT2D eigenvalue weighted by atomic mass is 10.0. The lowest BCUT2D eigenvalue weighted by molar-refractivity contribution is -0.389. The Bertz CT molecular complexity index is 909. The van der Waals surface area contributed by atoms with E-state index in [9.17, 15) is 14.9 Å². The number of amides is 1. The van der Waals surface area contributed by atoms with Crippen LogP contribution in [0.4, 0.5) is 11.6 Å². The minimum Gasteiger partial charge on any atom is -0.358 e. The number of imidazole rings is 1. The Labute approximate surface area is 150 Å². The molecule has 0 atom stereocenters. The number of nitrogens with zero attached hydrogens (tertiary/aromatic N) is 4. The van der Waals surface area contributed by atoms with Gasteiger partial charge >= 0.3 is 5.82 Å². The number of nitrogens with one attached hydrogen (secondary N) is 1. The van der Waals surface area contributed by atoms with Crippen LogP contribution in [0.15, 0.2) is 28.4 Å². The minimum atomic E-state index is -0.382. The van der Waals surface area contributed by atoms with Crippen LogP contribution in [0.5, 0.6) is 0 Å². The molecule has 1 amide bonds. The second-order valence-electron chi connectivity index (χ2n) is 5.82. The van der Waals surface area contributed by atoms with Crippen LogP contribution in [0.25, 0.3) is 4.96 Å². The molecule has 8 nitrogen and oxygen atoms in total. The summed E-state index contributed by atoms with van der Waals surface area (Å²) in [6, 6.07) is 1.88. The fourth-order valence-electron chi connectivity index (χ4n) is 3.04. The van der Waals surface area contributed by atoms with Crippen LogP contribution in [0, 0.1) is 10.1 Å². The van der Waals surface area contributed by atoms with E-state index in [1.54, 1.807) is 17.6 Å². The second-order valence-corrected chi connectivity index (χ2v) is 7.47. The van der Waals surface area contributed by atoms with Gasteiger partial charge in [0.1, 0.15) is 6.20 Å². The number of carbonyl (C=O) groups excluding carboxylic acids is 1. The van der Waals surface area contributed by atoms with Gasteiger partial charge in [-0.15, -0.1) is 0 Å². The van der Waals surface area contributed by atoms with E-state index in [0.29, 0.717) is 29.4 Å². The summed E-state index contributed by atoms with van der Waals surface area (Å²) in [7, 11) is 0. The van der Waals surface area contributed by atoms with Gasteiger partial charge in [-0.25, -0.2) is 0 Å². The number of carbonyl (C=O) groups is 1. The molecule has 0 unspecified atom stereocenters. The average molecular weight is 377 g/mol. The molecule has 1 fully saturated rings. The molecule has 1 aliphatic rings. The number of piperidine rings is 1. The van der Waals surface area contributed by atoms with Crippen molar-refractivity contribution in [1.29, 1.82) is 0 Å². The SMILES string of the molecule is O=C(NC1CCN(c2nc3sccn3c2[N+](=O)[O-])CC1)c1ccsc1. The Morgan fingerprint density at radius 1 is 1.36 bits per heavy atom. The molecule has 3 aromatic rings. The van der Waals surface area contributed by atoms with Crippen molar-refractivity contribution in [2.45, 2.75) is 18.9 Å². The highest BCUT2D eigenvalue weighted by Crippen LogP contribution is 2.32. The minimum absolute atomic E-state index is 0.0111. The molecule has 3 aromatic heterocycles. The van der Waals surface area contributed by atoms with Gasteiger partial charge in [0.05, 0.1) is 0 Å². The number of thiophene rings is 1. The van der Waals surface area contributed by atoms with Gasteiger partial charge in [0.2, 0.25) is 5.82 Å². The van der Waals surface area contributed by atoms with Gasteiger partial charge in [-0.1, -0.05) is 11.3 Å². The molecule has 0 aliphatic carbocycles. The van der Waals surface area contributed by atoms with Crippen molar-refractivity contribution in [1.82, 2.24) is 14.7 Å². The van der Waals surface area contributed by atoms with Crippen molar-refractivity contribution in [3.8, 4) is 0 Å². The van der Waals surface area contributed by atoms with Crippen LogP contribution < -0.4 is 10.2 Å². The molecule has 130 valence electrons. The number of aromatic nitrogens is 2. The fraction of sp³-hybridized carbons (Fsp3) is 0.333. The summed E-state index contributed by atoms with van der Waals surface area (Å²) in [4.78, 5) is 30.2. The summed E-state index contributed by atoms with van der Waals surface area (Å²) in [6.45, 7) is 1.25. The Morgan fingerprint density at radius 2 is 2.16 bits per heavy atom. The average Bonchev–Trinajstić information content (AvgIpc) is 3.31. The van der Waals surface area contributed by atoms with E-state index in [1.165, 1.54) is 27.1 Å². The maximum atomic E-state index is 12.1. The molecule has 10 heteroatoms. The van der Waals surface area contributed by atoms with Crippen molar-refractivity contribution in [3.63, 3.8) is 0 Å². The molecule has 0 aromatic carbocycles. The molecule has 4 heterocycles. The fourth-order valence-corrected chi connectivity index (χ4v) is 4.38. The first-order chi connectivity index (χ1) is 12.1. The Kier molecular flexibility index (Phi) is 4.14. The molecule has 0 saturated carbocycles. The van der Waals surface area contributed by atoms with E-state index in [0.717, 1.165) is 12.8 Å². The van der Waals surface area contributed by atoms with E-state index < -0.39 is 0 Å². The molecule has 0 spiro atoms. The number of hydrogen-bond acceptors (Lipinski definition) is 7. The summed E-state index contributed by atoms with van der Waals surface area (Å²) in [5.74, 6) is 0.365. The molecule has 4 rings (SSSR count). The number of rotatable bonds is 4. The normalized spacial score (nSPS) is 15.6.